The van der Waals surface area contributed by atoms with E-state index in [2.05, 4.69) is 15.4 Å². The summed E-state index contributed by atoms with van der Waals surface area (Å²) in [5, 5.41) is 24.7. The Labute approximate surface area is 158 Å². The van der Waals surface area contributed by atoms with Gasteiger partial charge in [-0.05, 0) is 24.3 Å². The van der Waals surface area contributed by atoms with Crippen molar-refractivity contribution in [1.82, 2.24) is 5.32 Å². The van der Waals surface area contributed by atoms with Crippen molar-refractivity contribution in [1.29, 1.82) is 0 Å². The summed E-state index contributed by atoms with van der Waals surface area (Å²) in [7, 11) is -4.23. The Bertz CT molecular complexity index is 1100. The fourth-order valence-corrected chi connectivity index (χ4v) is 3.69. The van der Waals surface area contributed by atoms with Crippen molar-refractivity contribution in [3.05, 3.63) is 57.6 Å². The van der Waals surface area contributed by atoms with E-state index in [9.17, 15) is 28.1 Å². The van der Waals surface area contributed by atoms with Crippen LogP contribution in [0.4, 0.5) is 17.1 Å². The van der Waals surface area contributed by atoms with Crippen molar-refractivity contribution in [3.8, 4) is 0 Å². The SMILES string of the molecule is O=C1NC(=O)c2cc(S(=O)(=O)Nc3cc([N+](=O)[O-])ccc3NCCO)ccc21. The smallest absolute Gasteiger partial charge is 0.271 e. The Kier molecular flexibility index (Phi) is 4.98. The van der Waals surface area contributed by atoms with Gasteiger partial charge in [-0.1, -0.05) is 0 Å². The maximum atomic E-state index is 12.7. The van der Waals surface area contributed by atoms with Gasteiger partial charge >= 0.3 is 0 Å². The molecule has 2 aromatic carbocycles. The highest BCUT2D eigenvalue weighted by molar-refractivity contribution is 7.92. The number of non-ortho nitro benzene ring substituents is 1. The van der Waals surface area contributed by atoms with E-state index in [0.717, 1.165) is 18.2 Å². The number of nitrogens with one attached hydrogen (secondary N) is 3. The maximum absolute atomic E-state index is 12.7. The number of nitrogens with zero attached hydrogens (tertiary/aromatic N) is 1. The lowest BCUT2D eigenvalue weighted by atomic mass is 10.1. The fourth-order valence-electron chi connectivity index (χ4n) is 2.59. The van der Waals surface area contributed by atoms with Gasteiger partial charge in [-0.2, -0.15) is 0 Å². The summed E-state index contributed by atoms with van der Waals surface area (Å²) in [6.07, 6.45) is 0. The first-order valence-electron chi connectivity index (χ1n) is 7.88. The van der Waals surface area contributed by atoms with E-state index in [1.54, 1.807) is 0 Å². The Balaban J connectivity index is 1.99. The summed E-state index contributed by atoms with van der Waals surface area (Å²) in [6.45, 7) is -0.148. The highest BCUT2D eigenvalue weighted by Gasteiger charge is 2.29. The number of fused-ring (bicyclic) bond motifs is 1. The highest BCUT2D eigenvalue weighted by Crippen LogP contribution is 2.30. The largest absolute Gasteiger partial charge is 0.395 e. The van der Waals surface area contributed by atoms with E-state index in [4.69, 9.17) is 5.11 Å². The quantitative estimate of drug-likeness (QED) is 0.296. The number of hydrogen-bond acceptors (Lipinski definition) is 8. The number of anilines is 2. The lowest BCUT2D eigenvalue weighted by molar-refractivity contribution is -0.384. The number of benzene rings is 2. The van der Waals surface area contributed by atoms with Crippen LogP contribution in [0, 0.1) is 10.1 Å². The topological polar surface area (TPSA) is 168 Å². The molecule has 0 saturated carbocycles. The van der Waals surface area contributed by atoms with Gasteiger partial charge < -0.3 is 10.4 Å². The van der Waals surface area contributed by atoms with Crippen molar-refractivity contribution in [2.24, 2.45) is 0 Å². The van der Waals surface area contributed by atoms with Gasteiger partial charge in [-0.25, -0.2) is 8.42 Å². The molecule has 3 rings (SSSR count). The average Bonchev–Trinajstić information content (AvgIpc) is 2.94. The van der Waals surface area contributed by atoms with Crippen LogP contribution < -0.4 is 15.4 Å². The summed E-state index contributed by atoms with van der Waals surface area (Å²) in [4.78, 5) is 33.4. The van der Waals surface area contributed by atoms with Crippen LogP contribution in [0.1, 0.15) is 20.7 Å². The highest BCUT2D eigenvalue weighted by atomic mass is 32.2. The summed E-state index contributed by atoms with van der Waals surface area (Å²) < 4.78 is 27.7. The number of imide groups is 1. The van der Waals surface area contributed by atoms with Gasteiger partial charge in [0.05, 0.1) is 38.9 Å². The Morgan fingerprint density at radius 1 is 1.04 bits per heavy atom. The van der Waals surface area contributed by atoms with Crippen LogP contribution in [0.25, 0.3) is 0 Å². The van der Waals surface area contributed by atoms with Crippen LogP contribution in [-0.2, 0) is 10.0 Å². The Hall–Kier alpha value is -3.51. The molecule has 0 spiro atoms. The molecule has 0 fully saturated rings. The Morgan fingerprint density at radius 2 is 1.75 bits per heavy atom. The van der Waals surface area contributed by atoms with Crippen molar-refractivity contribution in [2.75, 3.05) is 23.2 Å². The molecule has 1 heterocycles. The summed E-state index contributed by atoms with van der Waals surface area (Å²) >= 11 is 0. The molecule has 28 heavy (non-hydrogen) atoms. The van der Waals surface area contributed by atoms with Crippen molar-refractivity contribution in [3.63, 3.8) is 0 Å². The first kappa shape index (κ1) is 19.3. The molecule has 2 aromatic rings. The molecule has 1 aliphatic rings. The van der Waals surface area contributed by atoms with Gasteiger partial charge in [0.1, 0.15) is 0 Å². The minimum Gasteiger partial charge on any atom is -0.395 e. The van der Waals surface area contributed by atoms with Gasteiger partial charge in [0.15, 0.2) is 0 Å². The summed E-state index contributed by atoms with van der Waals surface area (Å²) in [5.41, 5.74) is -0.248. The molecule has 2 amide bonds. The predicted octanol–water partition coefficient (Wildman–Crippen LogP) is 0.683. The molecule has 1 aliphatic heterocycles. The average molecular weight is 406 g/mol. The summed E-state index contributed by atoms with van der Waals surface area (Å²) in [6, 6.07) is 6.93. The van der Waals surface area contributed by atoms with Gasteiger partial charge in [0.25, 0.3) is 27.5 Å². The van der Waals surface area contributed by atoms with E-state index in [1.165, 1.54) is 18.2 Å². The second-order valence-corrected chi connectivity index (χ2v) is 7.42. The van der Waals surface area contributed by atoms with E-state index >= 15 is 0 Å². The number of sulfonamides is 1. The number of hydrogen-bond donors (Lipinski definition) is 4. The molecule has 0 atom stereocenters. The van der Waals surface area contributed by atoms with Crippen LogP contribution in [0.5, 0.6) is 0 Å². The van der Waals surface area contributed by atoms with Crippen molar-refractivity contribution in [2.45, 2.75) is 4.90 Å². The third-order valence-corrected chi connectivity index (χ3v) is 5.27. The first-order chi connectivity index (χ1) is 13.2. The number of carbonyl (C=O) groups is 2. The molecule has 12 heteroatoms. The molecule has 0 radical (unpaired) electrons. The van der Waals surface area contributed by atoms with E-state index in [0.29, 0.717) is 0 Å². The zero-order valence-corrected chi connectivity index (χ0v) is 14.9. The zero-order chi connectivity index (χ0) is 20.5. The van der Waals surface area contributed by atoms with E-state index < -0.39 is 26.8 Å². The van der Waals surface area contributed by atoms with Crippen LogP contribution in [0.15, 0.2) is 41.3 Å². The van der Waals surface area contributed by atoms with Crippen molar-refractivity contribution >= 4 is 38.9 Å². The number of amides is 2. The molecule has 0 unspecified atom stereocenters. The molecule has 0 saturated heterocycles. The number of nitro groups is 1. The molecule has 0 aliphatic carbocycles. The number of nitro benzene ring substituents is 1. The normalized spacial score (nSPS) is 13.0. The van der Waals surface area contributed by atoms with E-state index in [-0.39, 0.29) is 46.2 Å². The lowest BCUT2D eigenvalue weighted by Crippen LogP contribution is -2.20. The molecular weight excluding hydrogens is 392 g/mol. The van der Waals surface area contributed by atoms with Gasteiger partial charge in [0, 0.05) is 18.7 Å². The van der Waals surface area contributed by atoms with Gasteiger partial charge in [-0.15, -0.1) is 0 Å². The minimum atomic E-state index is -4.23. The van der Waals surface area contributed by atoms with Crippen LogP contribution in [0.3, 0.4) is 0 Å². The number of rotatable bonds is 7. The molecular formula is C16H14N4O7S. The summed E-state index contributed by atoms with van der Waals surface area (Å²) in [5.74, 6) is -1.33. The molecule has 0 bridgehead atoms. The molecule has 146 valence electrons. The Morgan fingerprint density at radius 3 is 2.43 bits per heavy atom. The standard InChI is InChI=1S/C16H14N4O7S/c21-6-5-17-13-4-1-9(20(24)25)7-14(13)19-28(26,27)10-2-3-11-12(8-10)16(23)18-15(11)22/h1-4,7-8,17,19,21H,5-6H2,(H,18,22,23). The molecule has 0 aromatic heterocycles. The van der Waals surface area contributed by atoms with Crippen LogP contribution >= 0.6 is 0 Å². The van der Waals surface area contributed by atoms with Gasteiger partial charge in [-0.3, -0.25) is 29.7 Å². The van der Waals surface area contributed by atoms with E-state index in [1.807, 2.05) is 0 Å². The molecule has 11 nitrogen and oxygen atoms in total. The predicted molar refractivity (Wildman–Crippen MR) is 97.7 cm³/mol. The monoisotopic (exact) mass is 406 g/mol. The number of aliphatic hydroxyl groups excluding tert-OH is 1. The first-order valence-corrected chi connectivity index (χ1v) is 9.37. The van der Waals surface area contributed by atoms with Crippen LogP contribution in [-0.4, -0.2) is 43.4 Å². The second-order valence-electron chi connectivity index (χ2n) is 5.73. The maximum Gasteiger partial charge on any atom is 0.271 e. The second kappa shape index (κ2) is 7.25. The third kappa shape index (κ3) is 3.63. The third-order valence-electron chi connectivity index (χ3n) is 3.90. The van der Waals surface area contributed by atoms with Crippen LogP contribution in [0.2, 0.25) is 0 Å². The fraction of sp³-hybridized carbons (Fsp3) is 0.125. The minimum absolute atomic E-state index is 0.0598. The number of carbonyl (C=O) groups excluding carboxylic acids is 2. The molecule has 4 N–H and O–H groups in total. The zero-order valence-electron chi connectivity index (χ0n) is 14.1. The number of aliphatic hydroxyl groups is 1. The van der Waals surface area contributed by atoms with Gasteiger partial charge in [0.2, 0.25) is 0 Å². The van der Waals surface area contributed by atoms with Crippen molar-refractivity contribution < 1.29 is 28.0 Å². The lowest BCUT2D eigenvalue weighted by Gasteiger charge is -2.14.